The van der Waals surface area contributed by atoms with Gasteiger partial charge in [0.1, 0.15) is 5.78 Å². The Kier molecular flexibility index (Phi) is 4.44. The van der Waals surface area contributed by atoms with Crippen molar-refractivity contribution in [3.05, 3.63) is 0 Å². The highest BCUT2D eigenvalue weighted by atomic mass is 16.3. The van der Waals surface area contributed by atoms with Crippen molar-refractivity contribution in [3.63, 3.8) is 0 Å². The Morgan fingerprint density at radius 3 is 2.67 bits per heavy atom. The summed E-state index contributed by atoms with van der Waals surface area (Å²) in [4.78, 5) is 14.4. The average Bonchev–Trinajstić information content (AvgIpc) is 2.21. The molecular formula is C15H27NO2. The molecule has 0 aromatic heterocycles. The Labute approximate surface area is 111 Å². The molecular weight excluding hydrogens is 226 g/mol. The minimum atomic E-state index is 0.195. The van der Waals surface area contributed by atoms with E-state index in [1.807, 2.05) is 0 Å². The second-order valence-electron chi connectivity index (χ2n) is 6.83. The molecule has 2 aliphatic rings. The minimum Gasteiger partial charge on any atom is -0.395 e. The summed E-state index contributed by atoms with van der Waals surface area (Å²) in [5, 5.41) is 9.18. The predicted octanol–water partition coefficient (Wildman–Crippen LogP) is 2.23. The largest absolute Gasteiger partial charge is 0.395 e. The highest BCUT2D eigenvalue weighted by molar-refractivity contribution is 5.82. The molecule has 0 saturated heterocycles. The molecule has 3 heteroatoms. The van der Waals surface area contributed by atoms with Gasteiger partial charge in [-0.3, -0.25) is 9.69 Å². The summed E-state index contributed by atoms with van der Waals surface area (Å²) in [6, 6.07) is 0.620. The fourth-order valence-corrected chi connectivity index (χ4v) is 3.30. The number of hydrogen-bond acceptors (Lipinski definition) is 3. The van der Waals surface area contributed by atoms with E-state index < -0.39 is 0 Å². The lowest BCUT2D eigenvalue weighted by molar-refractivity contribution is -0.128. The summed E-state index contributed by atoms with van der Waals surface area (Å²) in [6.45, 7) is 6.35. The van der Waals surface area contributed by atoms with Crippen LogP contribution in [0.25, 0.3) is 0 Å². The van der Waals surface area contributed by atoms with Crippen LogP contribution in [0.2, 0.25) is 0 Å². The highest BCUT2D eigenvalue weighted by Crippen LogP contribution is 2.38. The fourth-order valence-electron chi connectivity index (χ4n) is 3.30. The summed E-state index contributed by atoms with van der Waals surface area (Å²) in [5.74, 6) is 0.637. The smallest absolute Gasteiger partial charge is 0.137 e. The molecule has 0 radical (unpaired) electrons. The molecule has 0 aromatic rings. The van der Waals surface area contributed by atoms with E-state index in [-0.39, 0.29) is 12.5 Å². The summed E-state index contributed by atoms with van der Waals surface area (Å²) in [5.41, 5.74) is 0.309. The molecule has 0 aliphatic heterocycles. The predicted molar refractivity (Wildman–Crippen MR) is 72.4 cm³/mol. The second kappa shape index (κ2) is 5.70. The number of aliphatic hydroxyl groups excluding tert-OH is 1. The van der Waals surface area contributed by atoms with Gasteiger partial charge in [0.05, 0.1) is 6.61 Å². The Bertz CT molecular complexity index is 297. The van der Waals surface area contributed by atoms with E-state index in [2.05, 4.69) is 18.7 Å². The molecule has 0 aromatic carbocycles. The van der Waals surface area contributed by atoms with Gasteiger partial charge in [-0.05, 0) is 31.1 Å². The molecule has 0 bridgehead atoms. The molecule has 1 unspecified atom stereocenters. The number of nitrogens with zero attached hydrogens (tertiary/aromatic N) is 1. The van der Waals surface area contributed by atoms with Gasteiger partial charge in [0.25, 0.3) is 0 Å². The van der Waals surface area contributed by atoms with Gasteiger partial charge in [0.15, 0.2) is 0 Å². The van der Waals surface area contributed by atoms with Gasteiger partial charge in [0, 0.05) is 31.5 Å². The molecule has 2 fully saturated rings. The van der Waals surface area contributed by atoms with Crippen LogP contribution in [0.15, 0.2) is 0 Å². The Hall–Kier alpha value is -0.410. The van der Waals surface area contributed by atoms with Gasteiger partial charge in [-0.25, -0.2) is 0 Å². The van der Waals surface area contributed by atoms with Gasteiger partial charge >= 0.3 is 0 Å². The number of hydrogen-bond donors (Lipinski definition) is 1. The topological polar surface area (TPSA) is 40.5 Å². The van der Waals surface area contributed by atoms with Crippen LogP contribution in [0, 0.1) is 11.3 Å². The van der Waals surface area contributed by atoms with Crippen LogP contribution in [0.3, 0.4) is 0 Å². The summed E-state index contributed by atoms with van der Waals surface area (Å²) in [7, 11) is 0. The number of Topliss-reactive ketones (excluding diaryl/α,β-unsaturated/α-hetero) is 1. The highest BCUT2D eigenvalue weighted by Gasteiger charge is 2.36. The zero-order chi connectivity index (χ0) is 13.2. The van der Waals surface area contributed by atoms with Crippen molar-refractivity contribution in [2.45, 2.75) is 58.4 Å². The second-order valence-corrected chi connectivity index (χ2v) is 6.83. The van der Waals surface area contributed by atoms with Crippen molar-refractivity contribution in [1.29, 1.82) is 0 Å². The van der Waals surface area contributed by atoms with Gasteiger partial charge in [-0.2, -0.15) is 0 Å². The third kappa shape index (κ3) is 3.33. The van der Waals surface area contributed by atoms with Crippen LogP contribution in [-0.2, 0) is 4.79 Å². The maximum absolute atomic E-state index is 12.1. The lowest BCUT2D eigenvalue weighted by Crippen LogP contribution is -2.47. The Morgan fingerprint density at radius 2 is 2.11 bits per heavy atom. The molecule has 104 valence electrons. The molecule has 1 atom stereocenters. The Morgan fingerprint density at radius 1 is 1.39 bits per heavy atom. The van der Waals surface area contributed by atoms with E-state index >= 15 is 0 Å². The van der Waals surface area contributed by atoms with Gasteiger partial charge in [0.2, 0.25) is 0 Å². The van der Waals surface area contributed by atoms with E-state index in [1.165, 1.54) is 19.3 Å². The third-order valence-electron chi connectivity index (χ3n) is 4.74. The van der Waals surface area contributed by atoms with E-state index in [1.54, 1.807) is 0 Å². The van der Waals surface area contributed by atoms with Crippen molar-refractivity contribution in [2.24, 2.45) is 11.3 Å². The summed E-state index contributed by atoms with van der Waals surface area (Å²) >= 11 is 0. The normalized spacial score (nSPS) is 28.4. The molecule has 1 N–H and O–H groups in total. The van der Waals surface area contributed by atoms with Crippen LogP contribution < -0.4 is 0 Å². The molecule has 0 amide bonds. The maximum atomic E-state index is 12.1. The zero-order valence-corrected chi connectivity index (χ0v) is 11.8. The SMILES string of the molecule is CC1(C)CCC(=O)C(CN(CCO)C2CCC2)C1. The Balaban J connectivity index is 1.93. The first-order valence-corrected chi connectivity index (χ1v) is 7.39. The third-order valence-corrected chi connectivity index (χ3v) is 4.74. The lowest BCUT2D eigenvalue weighted by Gasteiger charge is -2.42. The van der Waals surface area contributed by atoms with E-state index in [9.17, 15) is 9.90 Å². The van der Waals surface area contributed by atoms with Crippen LogP contribution in [0.1, 0.15) is 52.4 Å². The van der Waals surface area contributed by atoms with Crippen LogP contribution >= 0.6 is 0 Å². The van der Waals surface area contributed by atoms with Crippen LogP contribution in [-0.4, -0.2) is 41.5 Å². The van der Waals surface area contributed by atoms with Gasteiger partial charge in [-0.15, -0.1) is 0 Å². The van der Waals surface area contributed by atoms with Crippen molar-refractivity contribution in [3.8, 4) is 0 Å². The molecule has 0 heterocycles. The first-order chi connectivity index (χ1) is 8.52. The average molecular weight is 253 g/mol. The van der Waals surface area contributed by atoms with Crippen molar-refractivity contribution in [2.75, 3.05) is 19.7 Å². The van der Waals surface area contributed by atoms with Crippen LogP contribution in [0.5, 0.6) is 0 Å². The first-order valence-electron chi connectivity index (χ1n) is 7.39. The van der Waals surface area contributed by atoms with Crippen molar-refractivity contribution in [1.82, 2.24) is 4.90 Å². The monoisotopic (exact) mass is 253 g/mol. The number of rotatable bonds is 5. The number of aliphatic hydroxyl groups is 1. The maximum Gasteiger partial charge on any atom is 0.137 e. The molecule has 18 heavy (non-hydrogen) atoms. The van der Waals surface area contributed by atoms with Crippen molar-refractivity contribution < 1.29 is 9.90 Å². The fraction of sp³-hybridized carbons (Fsp3) is 0.933. The molecule has 2 rings (SSSR count). The number of ketones is 1. The molecule has 3 nitrogen and oxygen atoms in total. The lowest BCUT2D eigenvalue weighted by atomic mass is 9.71. The quantitative estimate of drug-likeness (QED) is 0.817. The van der Waals surface area contributed by atoms with Gasteiger partial charge in [-0.1, -0.05) is 20.3 Å². The molecule has 2 saturated carbocycles. The molecule has 2 aliphatic carbocycles. The van der Waals surface area contributed by atoms with E-state index in [4.69, 9.17) is 0 Å². The van der Waals surface area contributed by atoms with Crippen LogP contribution in [0.4, 0.5) is 0 Å². The van der Waals surface area contributed by atoms with E-state index in [0.717, 1.165) is 32.4 Å². The summed E-state index contributed by atoms with van der Waals surface area (Å²) in [6.07, 6.45) is 6.58. The minimum absolute atomic E-state index is 0.195. The zero-order valence-electron chi connectivity index (χ0n) is 11.8. The number of carbonyl (C=O) groups excluding carboxylic acids is 1. The van der Waals surface area contributed by atoms with E-state index in [0.29, 0.717) is 17.2 Å². The summed E-state index contributed by atoms with van der Waals surface area (Å²) < 4.78 is 0. The van der Waals surface area contributed by atoms with Gasteiger partial charge < -0.3 is 5.11 Å². The molecule has 0 spiro atoms. The standard InChI is InChI=1S/C15H27NO2/c1-15(2)7-6-14(18)12(10-15)11-16(8-9-17)13-4-3-5-13/h12-13,17H,3-11H2,1-2H3. The van der Waals surface area contributed by atoms with Crippen molar-refractivity contribution >= 4 is 5.78 Å². The number of carbonyl (C=O) groups is 1. The first kappa shape index (κ1) is 14.0.